The molecular weight excluding hydrogens is 318 g/mol. The van der Waals surface area contributed by atoms with E-state index in [1.807, 2.05) is 12.1 Å². The van der Waals surface area contributed by atoms with E-state index in [0.29, 0.717) is 30.3 Å². The molecule has 0 spiro atoms. The van der Waals surface area contributed by atoms with Crippen molar-refractivity contribution < 1.29 is 18.9 Å². The fraction of sp³-hybridized carbons (Fsp3) is 0.650. The Labute approximate surface area is 152 Å². The van der Waals surface area contributed by atoms with Gasteiger partial charge >= 0.3 is 0 Å². The summed E-state index contributed by atoms with van der Waals surface area (Å²) in [6.07, 6.45) is 7.59. The van der Waals surface area contributed by atoms with Gasteiger partial charge in [0.2, 0.25) is 5.90 Å². The Morgan fingerprint density at radius 2 is 1.60 bits per heavy atom. The van der Waals surface area contributed by atoms with Crippen LogP contribution in [0.15, 0.2) is 18.2 Å². The highest BCUT2D eigenvalue weighted by Gasteiger charge is 2.10. The first-order valence-corrected chi connectivity index (χ1v) is 9.24. The number of hydrogen-bond acceptors (Lipinski definition) is 5. The predicted molar refractivity (Wildman–Crippen MR) is 101 cm³/mol. The first-order valence-electron chi connectivity index (χ1n) is 9.24. The number of methoxy groups -OCH3 is 2. The smallest absolute Gasteiger partial charge is 0.213 e. The molecule has 1 aromatic rings. The maximum absolute atomic E-state index is 8.07. The fourth-order valence-corrected chi connectivity index (χ4v) is 2.42. The molecule has 0 aliphatic heterocycles. The number of unbranched alkanes of at least 4 members (excludes halogenated alkanes) is 5. The molecule has 0 unspecified atom stereocenters. The second kappa shape index (κ2) is 13.5. The van der Waals surface area contributed by atoms with Gasteiger partial charge in [-0.25, -0.2) is 0 Å². The summed E-state index contributed by atoms with van der Waals surface area (Å²) in [4.78, 5) is 0. The van der Waals surface area contributed by atoms with Crippen LogP contribution in [0.5, 0.6) is 11.5 Å². The van der Waals surface area contributed by atoms with Gasteiger partial charge in [-0.3, -0.25) is 5.41 Å². The lowest BCUT2D eigenvalue weighted by Crippen LogP contribution is -2.07. The van der Waals surface area contributed by atoms with E-state index in [2.05, 4.69) is 6.92 Å². The molecule has 0 saturated carbocycles. The van der Waals surface area contributed by atoms with E-state index in [0.717, 1.165) is 45.1 Å². The van der Waals surface area contributed by atoms with Gasteiger partial charge in [-0.05, 0) is 43.9 Å². The molecule has 5 nitrogen and oxygen atoms in total. The Kier molecular flexibility index (Phi) is 11.5. The van der Waals surface area contributed by atoms with Crippen LogP contribution in [0.25, 0.3) is 0 Å². The van der Waals surface area contributed by atoms with Crippen LogP contribution in [-0.2, 0) is 9.47 Å². The normalized spacial score (nSPS) is 10.5. The van der Waals surface area contributed by atoms with E-state index in [1.165, 1.54) is 6.42 Å². The van der Waals surface area contributed by atoms with Gasteiger partial charge in [0.25, 0.3) is 0 Å². The summed E-state index contributed by atoms with van der Waals surface area (Å²) in [5, 5.41) is 8.07. The van der Waals surface area contributed by atoms with E-state index < -0.39 is 0 Å². The topological polar surface area (TPSA) is 60.8 Å². The van der Waals surface area contributed by atoms with Gasteiger partial charge in [-0.1, -0.05) is 26.2 Å². The molecule has 5 heteroatoms. The molecule has 0 aliphatic rings. The molecule has 0 amide bonds. The molecule has 1 aromatic carbocycles. The van der Waals surface area contributed by atoms with Gasteiger partial charge in [-0.2, -0.15) is 0 Å². The second-order valence-corrected chi connectivity index (χ2v) is 6.01. The maximum atomic E-state index is 8.07. The van der Waals surface area contributed by atoms with Gasteiger partial charge in [0, 0.05) is 19.3 Å². The largest absolute Gasteiger partial charge is 0.493 e. The maximum Gasteiger partial charge on any atom is 0.213 e. The van der Waals surface area contributed by atoms with Crippen LogP contribution in [0.1, 0.15) is 57.4 Å². The summed E-state index contributed by atoms with van der Waals surface area (Å²) in [6.45, 7) is 4.22. The van der Waals surface area contributed by atoms with Crippen LogP contribution in [0.2, 0.25) is 0 Å². The van der Waals surface area contributed by atoms with Crippen LogP contribution in [-0.4, -0.2) is 39.9 Å². The van der Waals surface area contributed by atoms with Crippen molar-refractivity contribution in [2.75, 3.05) is 34.0 Å². The molecule has 0 radical (unpaired) electrons. The van der Waals surface area contributed by atoms with Crippen molar-refractivity contribution in [1.29, 1.82) is 5.41 Å². The Morgan fingerprint density at radius 1 is 0.880 bits per heavy atom. The first kappa shape index (κ1) is 21.3. The van der Waals surface area contributed by atoms with Crippen molar-refractivity contribution in [3.05, 3.63) is 23.8 Å². The van der Waals surface area contributed by atoms with E-state index >= 15 is 0 Å². The molecule has 0 heterocycles. The van der Waals surface area contributed by atoms with Crippen LogP contribution in [0.4, 0.5) is 0 Å². The molecule has 0 atom stereocenters. The summed E-state index contributed by atoms with van der Waals surface area (Å²) in [5.41, 5.74) is 0.706. The average molecular weight is 351 g/mol. The Morgan fingerprint density at radius 3 is 2.28 bits per heavy atom. The highest BCUT2D eigenvalue weighted by molar-refractivity contribution is 5.92. The SMILES string of the molecule is CCCCCOc1ccc(C(=N)OCCCCCCOC)cc1OC. The molecule has 0 fully saturated rings. The van der Waals surface area contributed by atoms with Gasteiger partial charge in [0.05, 0.1) is 20.3 Å². The van der Waals surface area contributed by atoms with E-state index in [4.69, 9.17) is 24.4 Å². The number of hydrogen-bond donors (Lipinski definition) is 1. The van der Waals surface area contributed by atoms with E-state index in [-0.39, 0.29) is 5.90 Å². The van der Waals surface area contributed by atoms with Crippen molar-refractivity contribution in [3.8, 4) is 11.5 Å². The Bertz CT molecular complexity index is 491. The predicted octanol–water partition coefficient (Wildman–Crippen LogP) is 4.81. The minimum Gasteiger partial charge on any atom is -0.493 e. The molecule has 1 rings (SSSR count). The highest BCUT2D eigenvalue weighted by Crippen LogP contribution is 2.28. The summed E-state index contributed by atoms with van der Waals surface area (Å²) < 4.78 is 21.7. The quantitative estimate of drug-likeness (QED) is 0.297. The monoisotopic (exact) mass is 351 g/mol. The minimum absolute atomic E-state index is 0.174. The number of rotatable bonds is 14. The molecule has 0 bridgehead atoms. The zero-order valence-electron chi connectivity index (χ0n) is 15.9. The summed E-state index contributed by atoms with van der Waals surface area (Å²) >= 11 is 0. The van der Waals surface area contributed by atoms with Crippen LogP contribution in [0, 0.1) is 5.41 Å². The fourth-order valence-electron chi connectivity index (χ4n) is 2.42. The average Bonchev–Trinajstić information content (AvgIpc) is 2.64. The van der Waals surface area contributed by atoms with Crippen molar-refractivity contribution >= 4 is 5.90 Å². The second-order valence-electron chi connectivity index (χ2n) is 6.01. The van der Waals surface area contributed by atoms with Crippen molar-refractivity contribution in [3.63, 3.8) is 0 Å². The molecule has 142 valence electrons. The first-order chi connectivity index (χ1) is 12.2. The standard InChI is InChI=1S/C20H33NO4/c1-4-5-8-14-24-18-12-11-17(16-19(18)23-3)20(21)25-15-10-7-6-9-13-22-2/h11-12,16,21H,4-10,13-15H2,1-3H3. The zero-order chi connectivity index (χ0) is 18.3. The number of nitrogens with one attached hydrogen (secondary N) is 1. The van der Waals surface area contributed by atoms with Crippen molar-refractivity contribution in [2.45, 2.75) is 51.9 Å². The molecule has 0 saturated heterocycles. The number of benzene rings is 1. The van der Waals surface area contributed by atoms with E-state index in [9.17, 15) is 0 Å². The third kappa shape index (κ3) is 8.77. The van der Waals surface area contributed by atoms with Crippen LogP contribution in [0.3, 0.4) is 0 Å². The molecule has 0 aliphatic carbocycles. The van der Waals surface area contributed by atoms with Gasteiger partial charge in [-0.15, -0.1) is 0 Å². The Hall–Kier alpha value is -1.75. The molecule has 25 heavy (non-hydrogen) atoms. The molecule has 1 N–H and O–H groups in total. The van der Waals surface area contributed by atoms with Crippen molar-refractivity contribution in [1.82, 2.24) is 0 Å². The third-order valence-corrected chi connectivity index (χ3v) is 3.92. The minimum atomic E-state index is 0.174. The number of ether oxygens (including phenoxy) is 4. The lowest BCUT2D eigenvalue weighted by Gasteiger charge is -2.13. The van der Waals surface area contributed by atoms with Crippen molar-refractivity contribution in [2.24, 2.45) is 0 Å². The summed E-state index contributed by atoms with van der Waals surface area (Å²) in [7, 11) is 3.34. The Balaban J connectivity index is 2.40. The highest BCUT2D eigenvalue weighted by atomic mass is 16.5. The molecule has 0 aromatic heterocycles. The van der Waals surface area contributed by atoms with Crippen LogP contribution >= 0.6 is 0 Å². The lowest BCUT2D eigenvalue weighted by atomic mass is 10.2. The summed E-state index contributed by atoms with van der Waals surface area (Å²) in [6, 6.07) is 5.50. The van der Waals surface area contributed by atoms with Gasteiger partial charge in [0.1, 0.15) is 0 Å². The van der Waals surface area contributed by atoms with Gasteiger partial charge < -0.3 is 18.9 Å². The van der Waals surface area contributed by atoms with Crippen LogP contribution < -0.4 is 9.47 Å². The lowest BCUT2D eigenvalue weighted by molar-refractivity contribution is 0.190. The van der Waals surface area contributed by atoms with Gasteiger partial charge in [0.15, 0.2) is 11.5 Å². The zero-order valence-corrected chi connectivity index (χ0v) is 15.9. The third-order valence-electron chi connectivity index (χ3n) is 3.92. The summed E-state index contributed by atoms with van der Waals surface area (Å²) in [5.74, 6) is 1.53. The van der Waals surface area contributed by atoms with E-state index in [1.54, 1.807) is 20.3 Å². The molecular formula is C20H33NO4.